The zero-order chi connectivity index (χ0) is 19.2. The van der Waals surface area contributed by atoms with Crippen molar-refractivity contribution in [2.24, 2.45) is 0 Å². The summed E-state index contributed by atoms with van der Waals surface area (Å²) in [7, 11) is 0. The van der Waals surface area contributed by atoms with E-state index in [9.17, 15) is 0 Å². The van der Waals surface area contributed by atoms with E-state index in [0.29, 0.717) is 0 Å². The summed E-state index contributed by atoms with van der Waals surface area (Å²) in [6, 6.07) is 39.1. The highest BCUT2D eigenvalue weighted by Crippen LogP contribution is 2.39. The Bertz CT molecular complexity index is 1500. The maximum absolute atomic E-state index is 3.69. The SMILES string of the molecule is c1ccc2cc(-c3[nH]c4ccccc4c3-c3ccc4ccccc4c3)ccc2c1. The average molecular weight is 369 g/mol. The van der Waals surface area contributed by atoms with E-state index in [4.69, 9.17) is 0 Å². The Labute approximate surface area is 169 Å². The van der Waals surface area contributed by atoms with Gasteiger partial charge in [0.05, 0.1) is 5.69 Å². The van der Waals surface area contributed by atoms with Gasteiger partial charge < -0.3 is 4.98 Å². The molecular formula is C28H19N. The van der Waals surface area contributed by atoms with Gasteiger partial charge in [0.15, 0.2) is 0 Å². The quantitative estimate of drug-likeness (QED) is 0.320. The fourth-order valence-corrected chi connectivity index (χ4v) is 4.35. The molecule has 0 aliphatic carbocycles. The van der Waals surface area contributed by atoms with E-state index < -0.39 is 0 Å². The minimum Gasteiger partial charge on any atom is -0.354 e. The van der Waals surface area contributed by atoms with Gasteiger partial charge in [-0.15, -0.1) is 0 Å². The van der Waals surface area contributed by atoms with Crippen LogP contribution in [0.2, 0.25) is 0 Å². The Kier molecular flexibility index (Phi) is 3.54. The largest absolute Gasteiger partial charge is 0.354 e. The summed E-state index contributed by atoms with van der Waals surface area (Å²) in [5.41, 5.74) is 6.06. The number of hydrogen-bond acceptors (Lipinski definition) is 0. The van der Waals surface area contributed by atoms with Gasteiger partial charge in [0.1, 0.15) is 0 Å². The third-order valence-electron chi connectivity index (χ3n) is 5.78. The highest BCUT2D eigenvalue weighted by molar-refractivity contribution is 6.06. The lowest BCUT2D eigenvalue weighted by molar-refractivity contribution is 1.46. The molecule has 6 aromatic rings. The van der Waals surface area contributed by atoms with Crippen molar-refractivity contribution < 1.29 is 0 Å². The minimum absolute atomic E-state index is 1.17. The lowest BCUT2D eigenvalue weighted by Gasteiger charge is -2.09. The van der Waals surface area contributed by atoms with E-state index >= 15 is 0 Å². The van der Waals surface area contributed by atoms with Crippen LogP contribution in [0.1, 0.15) is 0 Å². The summed E-state index contributed by atoms with van der Waals surface area (Å²) in [6.45, 7) is 0. The molecule has 1 heterocycles. The summed E-state index contributed by atoms with van der Waals surface area (Å²) in [5.74, 6) is 0. The fraction of sp³-hybridized carbons (Fsp3) is 0. The maximum atomic E-state index is 3.69. The molecule has 0 bridgehead atoms. The van der Waals surface area contributed by atoms with E-state index in [1.165, 1.54) is 54.8 Å². The summed E-state index contributed by atoms with van der Waals surface area (Å²) in [5, 5.41) is 6.31. The van der Waals surface area contributed by atoms with Crippen molar-refractivity contribution in [3.05, 3.63) is 109 Å². The predicted octanol–water partition coefficient (Wildman–Crippen LogP) is 7.81. The molecule has 0 aliphatic heterocycles. The van der Waals surface area contributed by atoms with Crippen molar-refractivity contribution in [1.82, 2.24) is 4.98 Å². The average Bonchev–Trinajstić information content (AvgIpc) is 3.18. The van der Waals surface area contributed by atoms with Gasteiger partial charge in [0.25, 0.3) is 0 Å². The molecule has 0 fully saturated rings. The van der Waals surface area contributed by atoms with Crippen molar-refractivity contribution in [3.8, 4) is 22.4 Å². The number of para-hydroxylation sites is 1. The summed E-state index contributed by atoms with van der Waals surface area (Å²) in [4.78, 5) is 3.69. The van der Waals surface area contributed by atoms with Gasteiger partial charge in [-0.3, -0.25) is 0 Å². The first-order chi connectivity index (χ1) is 14.4. The molecule has 29 heavy (non-hydrogen) atoms. The summed E-state index contributed by atoms with van der Waals surface area (Å²) < 4.78 is 0. The maximum Gasteiger partial charge on any atom is 0.0544 e. The van der Waals surface area contributed by atoms with E-state index in [1.54, 1.807) is 0 Å². The first-order valence-electron chi connectivity index (χ1n) is 9.96. The van der Waals surface area contributed by atoms with Gasteiger partial charge in [-0.05, 0) is 50.9 Å². The Morgan fingerprint density at radius 3 is 1.72 bits per heavy atom. The Morgan fingerprint density at radius 2 is 1.00 bits per heavy atom. The van der Waals surface area contributed by atoms with Crippen LogP contribution in [-0.4, -0.2) is 4.98 Å². The molecule has 0 saturated carbocycles. The molecular weight excluding hydrogens is 350 g/mol. The second-order valence-corrected chi connectivity index (χ2v) is 7.54. The van der Waals surface area contributed by atoms with Gasteiger partial charge >= 0.3 is 0 Å². The van der Waals surface area contributed by atoms with Crippen LogP contribution in [0.5, 0.6) is 0 Å². The van der Waals surface area contributed by atoms with Crippen molar-refractivity contribution >= 4 is 32.4 Å². The van der Waals surface area contributed by atoms with Crippen LogP contribution in [0.25, 0.3) is 54.8 Å². The van der Waals surface area contributed by atoms with Crippen molar-refractivity contribution in [1.29, 1.82) is 0 Å². The van der Waals surface area contributed by atoms with Gasteiger partial charge in [-0.25, -0.2) is 0 Å². The zero-order valence-electron chi connectivity index (χ0n) is 15.9. The molecule has 6 rings (SSSR count). The van der Waals surface area contributed by atoms with Gasteiger partial charge in [-0.2, -0.15) is 0 Å². The first-order valence-corrected chi connectivity index (χ1v) is 9.96. The molecule has 0 aliphatic rings. The molecule has 5 aromatic carbocycles. The lowest BCUT2D eigenvalue weighted by Crippen LogP contribution is -1.84. The van der Waals surface area contributed by atoms with Crippen molar-refractivity contribution in [2.75, 3.05) is 0 Å². The molecule has 136 valence electrons. The van der Waals surface area contributed by atoms with Crippen LogP contribution in [0.15, 0.2) is 109 Å². The molecule has 0 saturated heterocycles. The van der Waals surface area contributed by atoms with Crippen LogP contribution < -0.4 is 0 Å². The summed E-state index contributed by atoms with van der Waals surface area (Å²) >= 11 is 0. The van der Waals surface area contributed by atoms with Gasteiger partial charge in [0, 0.05) is 16.5 Å². The molecule has 1 nitrogen and oxygen atoms in total. The minimum atomic E-state index is 1.17. The standard InChI is InChI=1S/C28H19N/c1-3-9-21-17-23(15-13-19(21)7-1)27-25-11-5-6-12-26(25)29-28(27)24-16-14-20-8-2-4-10-22(20)18-24/h1-18,29H. The van der Waals surface area contributed by atoms with E-state index in [0.717, 1.165) is 0 Å². The predicted molar refractivity (Wildman–Crippen MR) is 124 cm³/mol. The Balaban J connectivity index is 1.65. The fourth-order valence-electron chi connectivity index (χ4n) is 4.35. The Morgan fingerprint density at radius 1 is 0.448 bits per heavy atom. The van der Waals surface area contributed by atoms with Gasteiger partial charge in [0.2, 0.25) is 0 Å². The highest BCUT2D eigenvalue weighted by Gasteiger charge is 2.15. The second-order valence-electron chi connectivity index (χ2n) is 7.54. The van der Waals surface area contributed by atoms with Crippen LogP contribution in [0.4, 0.5) is 0 Å². The second kappa shape index (κ2) is 6.35. The molecule has 0 amide bonds. The lowest BCUT2D eigenvalue weighted by atomic mass is 9.95. The molecule has 1 N–H and O–H groups in total. The number of aromatic amines is 1. The third-order valence-corrected chi connectivity index (χ3v) is 5.78. The zero-order valence-corrected chi connectivity index (χ0v) is 15.9. The first kappa shape index (κ1) is 16.1. The number of rotatable bonds is 2. The van der Waals surface area contributed by atoms with Crippen LogP contribution in [0, 0.1) is 0 Å². The molecule has 0 atom stereocenters. The number of benzene rings is 5. The normalized spacial score (nSPS) is 11.4. The monoisotopic (exact) mass is 369 g/mol. The smallest absolute Gasteiger partial charge is 0.0544 e. The van der Waals surface area contributed by atoms with Crippen LogP contribution in [-0.2, 0) is 0 Å². The van der Waals surface area contributed by atoms with Crippen molar-refractivity contribution in [2.45, 2.75) is 0 Å². The number of nitrogens with one attached hydrogen (secondary N) is 1. The van der Waals surface area contributed by atoms with E-state index in [2.05, 4.69) is 114 Å². The van der Waals surface area contributed by atoms with Gasteiger partial charge in [-0.1, -0.05) is 91.0 Å². The van der Waals surface area contributed by atoms with Crippen LogP contribution >= 0.6 is 0 Å². The number of hydrogen-bond donors (Lipinski definition) is 1. The number of aromatic nitrogens is 1. The summed E-state index contributed by atoms with van der Waals surface area (Å²) in [6.07, 6.45) is 0. The molecule has 0 unspecified atom stereocenters. The number of fused-ring (bicyclic) bond motifs is 3. The highest BCUT2D eigenvalue weighted by atomic mass is 14.7. The van der Waals surface area contributed by atoms with Crippen LogP contribution in [0.3, 0.4) is 0 Å². The molecule has 0 radical (unpaired) electrons. The van der Waals surface area contributed by atoms with E-state index in [1.807, 2.05) is 0 Å². The van der Waals surface area contributed by atoms with E-state index in [-0.39, 0.29) is 0 Å². The molecule has 1 heteroatoms. The topological polar surface area (TPSA) is 15.8 Å². The molecule has 0 spiro atoms. The number of H-pyrrole nitrogens is 1. The Hall–Kier alpha value is -3.84. The molecule has 1 aromatic heterocycles. The third kappa shape index (κ3) is 2.63. The van der Waals surface area contributed by atoms with Crippen molar-refractivity contribution in [3.63, 3.8) is 0 Å².